The molecule has 0 bridgehead atoms. The number of hydrogen-bond donors (Lipinski definition) is 0. The molecule has 0 saturated heterocycles. The van der Waals surface area contributed by atoms with Crippen LogP contribution in [-0.2, 0) is 0 Å². The topological polar surface area (TPSA) is 0 Å². The van der Waals surface area contributed by atoms with Gasteiger partial charge in [-0.2, -0.15) is 0 Å². The lowest BCUT2D eigenvalue weighted by atomic mass is 9.94. The van der Waals surface area contributed by atoms with E-state index in [0.717, 1.165) is 0 Å². The first-order valence-electron chi connectivity index (χ1n) is 5.97. The zero-order valence-electron chi connectivity index (χ0n) is 11.6. The third-order valence-corrected chi connectivity index (χ3v) is 2.00. The van der Waals surface area contributed by atoms with Crippen molar-refractivity contribution in [1.82, 2.24) is 0 Å². The molecule has 0 heterocycles. The largest absolute Gasteiger partial charge is 0.0776 e. The number of hydrogen-bond acceptors (Lipinski definition) is 0. The van der Waals surface area contributed by atoms with Gasteiger partial charge in [0.25, 0.3) is 0 Å². The van der Waals surface area contributed by atoms with Gasteiger partial charge in [-0.05, 0) is 12.3 Å². The van der Waals surface area contributed by atoms with Crippen molar-refractivity contribution in [2.45, 2.75) is 62.3 Å². The second-order valence-corrected chi connectivity index (χ2v) is 4.57. The molecule has 0 nitrogen and oxygen atoms in total. The molecule has 0 amide bonds. The number of benzene rings is 1. The van der Waals surface area contributed by atoms with Crippen molar-refractivity contribution in [2.24, 2.45) is 5.41 Å². The minimum atomic E-state index is 0. The van der Waals surface area contributed by atoms with Gasteiger partial charge in [0, 0.05) is 0 Å². The van der Waals surface area contributed by atoms with Crippen LogP contribution >= 0.6 is 0 Å². The van der Waals surface area contributed by atoms with Gasteiger partial charge in [-0.3, -0.25) is 0 Å². The lowest BCUT2D eigenvalue weighted by molar-refractivity contribution is 0.398. The second kappa shape index (κ2) is 12.3. The van der Waals surface area contributed by atoms with Crippen LogP contribution in [-0.4, -0.2) is 0 Å². The summed E-state index contributed by atoms with van der Waals surface area (Å²) in [7, 11) is 0. The summed E-state index contributed by atoms with van der Waals surface area (Å²) in [5.74, 6) is 0. The van der Waals surface area contributed by atoms with Gasteiger partial charge < -0.3 is 0 Å². The third kappa shape index (κ3) is 18.9. The molecule has 0 fully saturated rings. The Hall–Kier alpha value is -0.780. The molecule has 0 N–H and O–H groups in total. The SMILES string of the molecule is C.CC.CCC(C)(C)C.Cc1ccccc1. The highest BCUT2D eigenvalue weighted by Crippen LogP contribution is 2.16. The minimum Gasteiger partial charge on any atom is -0.0776 e. The fourth-order valence-corrected chi connectivity index (χ4v) is 0.534. The fourth-order valence-electron chi connectivity index (χ4n) is 0.534. The normalized spacial score (nSPS) is 8.69. The van der Waals surface area contributed by atoms with Crippen molar-refractivity contribution in [3.05, 3.63) is 35.9 Å². The maximum absolute atomic E-state index is 2.24. The predicted octanol–water partition coefficient (Wildman–Crippen LogP) is 6.10. The van der Waals surface area contributed by atoms with Gasteiger partial charge in [0.15, 0.2) is 0 Å². The Labute approximate surface area is 104 Å². The van der Waals surface area contributed by atoms with Crippen LogP contribution in [0.5, 0.6) is 0 Å². The molecule has 0 unspecified atom stereocenters. The third-order valence-electron chi connectivity index (χ3n) is 2.00. The molecule has 1 rings (SSSR count). The van der Waals surface area contributed by atoms with E-state index in [1.165, 1.54) is 12.0 Å². The van der Waals surface area contributed by atoms with E-state index in [2.05, 4.69) is 46.8 Å². The molecule has 0 heteroatoms. The molecular formula is C16H32. The number of aryl methyl sites for hydroxylation is 1. The highest BCUT2D eigenvalue weighted by atomic mass is 14.1. The van der Waals surface area contributed by atoms with Gasteiger partial charge in [0.05, 0.1) is 0 Å². The van der Waals surface area contributed by atoms with Gasteiger partial charge in [-0.25, -0.2) is 0 Å². The van der Waals surface area contributed by atoms with Crippen molar-refractivity contribution in [3.8, 4) is 0 Å². The Morgan fingerprint density at radius 3 is 1.38 bits per heavy atom. The summed E-state index contributed by atoms with van der Waals surface area (Å²) in [6, 6.07) is 10.3. The lowest BCUT2D eigenvalue weighted by Gasteiger charge is -2.12. The molecule has 0 aliphatic heterocycles. The molecule has 96 valence electrons. The van der Waals surface area contributed by atoms with E-state index in [9.17, 15) is 0 Å². The quantitative estimate of drug-likeness (QED) is 0.499. The van der Waals surface area contributed by atoms with Gasteiger partial charge in [-0.15, -0.1) is 0 Å². The van der Waals surface area contributed by atoms with Crippen LogP contribution in [0.25, 0.3) is 0 Å². The average molecular weight is 224 g/mol. The molecule has 16 heavy (non-hydrogen) atoms. The molecule has 0 aromatic heterocycles. The van der Waals surface area contributed by atoms with E-state index >= 15 is 0 Å². The van der Waals surface area contributed by atoms with Gasteiger partial charge >= 0.3 is 0 Å². The van der Waals surface area contributed by atoms with E-state index in [1.54, 1.807) is 0 Å². The van der Waals surface area contributed by atoms with Crippen molar-refractivity contribution in [3.63, 3.8) is 0 Å². The Kier molecular flexibility index (Phi) is 15.8. The molecule has 0 radical (unpaired) electrons. The van der Waals surface area contributed by atoms with E-state index in [4.69, 9.17) is 0 Å². The van der Waals surface area contributed by atoms with Gasteiger partial charge in [-0.1, -0.05) is 91.3 Å². The van der Waals surface area contributed by atoms with Crippen LogP contribution in [0, 0.1) is 12.3 Å². The zero-order chi connectivity index (χ0) is 12.3. The first kappa shape index (κ1) is 20.6. The maximum Gasteiger partial charge on any atom is -0.0385 e. The minimum absolute atomic E-state index is 0. The summed E-state index contributed by atoms with van der Waals surface area (Å²) in [6.07, 6.45) is 1.27. The highest BCUT2D eigenvalue weighted by molar-refractivity contribution is 5.11. The van der Waals surface area contributed by atoms with Gasteiger partial charge in [0.1, 0.15) is 0 Å². The first-order valence-corrected chi connectivity index (χ1v) is 5.97. The Balaban J connectivity index is -0.000000175. The molecular weight excluding hydrogens is 192 g/mol. The summed E-state index contributed by atoms with van der Waals surface area (Å²) in [5.41, 5.74) is 1.86. The van der Waals surface area contributed by atoms with E-state index in [0.29, 0.717) is 5.41 Å². The number of rotatable bonds is 0. The van der Waals surface area contributed by atoms with E-state index in [-0.39, 0.29) is 7.43 Å². The van der Waals surface area contributed by atoms with Crippen molar-refractivity contribution < 1.29 is 0 Å². The monoisotopic (exact) mass is 224 g/mol. The maximum atomic E-state index is 2.24. The van der Waals surface area contributed by atoms with Crippen LogP contribution in [0.4, 0.5) is 0 Å². The summed E-state index contributed by atoms with van der Waals surface area (Å²) in [6.45, 7) is 15.0. The molecule has 0 aliphatic rings. The smallest absolute Gasteiger partial charge is 0.0385 e. The average Bonchev–Trinajstić information content (AvgIpc) is 2.22. The molecule has 0 aliphatic carbocycles. The molecule has 0 spiro atoms. The molecule has 0 saturated carbocycles. The summed E-state index contributed by atoms with van der Waals surface area (Å²) in [5, 5.41) is 0. The molecule has 0 atom stereocenters. The summed E-state index contributed by atoms with van der Waals surface area (Å²) >= 11 is 0. The van der Waals surface area contributed by atoms with Crippen LogP contribution in [0.2, 0.25) is 0 Å². The first-order chi connectivity index (χ1) is 6.95. The van der Waals surface area contributed by atoms with Gasteiger partial charge in [0.2, 0.25) is 0 Å². The lowest BCUT2D eigenvalue weighted by Crippen LogP contribution is -2.00. The van der Waals surface area contributed by atoms with Crippen molar-refractivity contribution in [2.75, 3.05) is 0 Å². The second-order valence-electron chi connectivity index (χ2n) is 4.57. The Bertz CT molecular complexity index is 203. The molecule has 1 aromatic rings. The van der Waals surface area contributed by atoms with Crippen LogP contribution in [0.15, 0.2) is 30.3 Å². The fraction of sp³-hybridized carbons (Fsp3) is 0.625. The van der Waals surface area contributed by atoms with Crippen molar-refractivity contribution >= 4 is 0 Å². The van der Waals surface area contributed by atoms with E-state index in [1.807, 2.05) is 32.0 Å². The predicted molar refractivity (Wildman–Crippen MR) is 79.0 cm³/mol. The standard InChI is InChI=1S/C7H8.C6H14.C2H6.CH4/c1-7-5-3-2-4-6-7;1-5-6(2,3)4;1-2;/h2-6H,1H3;5H2,1-4H3;1-2H3;1H4. The summed E-state index contributed by atoms with van der Waals surface area (Å²) in [4.78, 5) is 0. The summed E-state index contributed by atoms with van der Waals surface area (Å²) < 4.78 is 0. The zero-order valence-corrected chi connectivity index (χ0v) is 11.6. The van der Waals surface area contributed by atoms with Crippen LogP contribution < -0.4 is 0 Å². The van der Waals surface area contributed by atoms with E-state index < -0.39 is 0 Å². The van der Waals surface area contributed by atoms with Crippen molar-refractivity contribution in [1.29, 1.82) is 0 Å². The molecule has 1 aromatic carbocycles. The van der Waals surface area contributed by atoms with Crippen LogP contribution in [0.3, 0.4) is 0 Å². The Morgan fingerprint density at radius 1 is 0.938 bits per heavy atom. The van der Waals surface area contributed by atoms with Crippen LogP contribution in [0.1, 0.15) is 61.0 Å². The Morgan fingerprint density at radius 2 is 1.25 bits per heavy atom. The highest BCUT2D eigenvalue weighted by Gasteiger charge is 2.03.